The summed E-state index contributed by atoms with van der Waals surface area (Å²) < 4.78 is 0. The van der Waals surface area contributed by atoms with E-state index in [1.54, 1.807) is 7.05 Å². The maximum Gasteiger partial charge on any atom is 0.227 e. The van der Waals surface area contributed by atoms with Crippen LogP contribution in [0.2, 0.25) is 0 Å². The van der Waals surface area contributed by atoms with E-state index >= 15 is 0 Å². The van der Waals surface area contributed by atoms with E-state index in [4.69, 9.17) is 5.73 Å². The van der Waals surface area contributed by atoms with Crippen molar-refractivity contribution in [1.29, 1.82) is 0 Å². The predicted octanol–water partition coefficient (Wildman–Crippen LogP) is -0.386. The minimum absolute atomic E-state index is 0.00277. The van der Waals surface area contributed by atoms with Crippen molar-refractivity contribution in [3.63, 3.8) is 0 Å². The zero-order chi connectivity index (χ0) is 12.2. The second-order valence-corrected chi connectivity index (χ2v) is 4.68. The molecule has 1 saturated carbocycles. The molecule has 5 nitrogen and oxygen atoms in total. The summed E-state index contributed by atoms with van der Waals surface area (Å²) in [6.45, 7) is 2.89. The Morgan fingerprint density at radius 2 is 2.06 bits per heavy atom. The number of hydrogen-bond donors (Lipinski definition) is 3. The van der Waals surface area contributed by atoms with Gasteiger partial charge >= 0.3 is 0 Å². The second kappa shape index (κ2) is 5.30. The molecule has 1 fully saturated rings. The predicted molar refractivity (Wildman–Crippen MR) is 61.6 cm³/mol. The van der Waals surface area contributed by atoms with Gasteiger partial charge in [-0.15, -0.1) is 0 Å². The van der Waals surface area contributed by atoms with E-state index in [1.165, 1.54) is 0 Å². The van der Waals surface area contributed by atoms with Gasteiger partial charge in [0.15, 0.2) is 0 Å². The number of rotatable bonds is 5. The van der Waals surface area contributed by atoms with Crippen molar-refractivity contribution in [3.8, 4) is 0 Å². The summed E-state index contributed by atoms with van der Waals surface area (Å²) in [4.78, 5) is 22.8. The Balaban J connectivity index is 2.32. The fraction of sp³-hybridized carbons (Fsp3) is 0.818. The van der Waals surface area contributed by atoms with E-state index in [0.29, 0.717) is 25.4 Å². The molecule has 0 bridgehead atoms. The topological polar surface area (TPSA) is 84.2 Å². The first-order chi connectivity index (χ1) is 7.54. The number of amides is 2. The number of carbonyl (C=O) groups is 2. The van der Waals surface area contributed by atoms with Crippen LogP contribution >= 0.6 is 0 Å². The highest BCUT2D eigenvalue weighted by molar-refractivity contribution is 5.84. The van der Waals surface area contributed by atoms with Crippen LogP contribution in [0.1, 0.15) is 26.2 Å². The molecule has 0 aromatic heterocycles. The van der Waals surface area contributed by atoms with Gasteiger partial charge in [0.2, 0.25) is 11.8 Å². The van der Waals surface area contributed by atoms with E-state index in [0.717, 1.165) is 12.8 Å². The second-order valence-electron chi connectivity index (χ2n) is 4.68. The summed E-state index contributed by atoms with van der Waals surface area (Å²) in [6, 6.07) is 0. The van der Waals surface area contributed by atoms with E-state index in [9.17, 15) is 9.59 Å². The zero-order valence-corrected chi connectivity index (χ0v) is 10.0. The van der Waals surface area contributed by atoms with Gasteiger partial charge in [-0.05, 0) is 18.8 Å². The molecule has 0 saturated heterocycles. The molecule has 4 N–H and O–H groups in total. The minimum Gasteiger partial charge on any atom is -0.359 e. The summed E-state index contributed by atoms with van der Waals surface area (Å²) in [5.74, 6) is 0.509. The fourth-order valence-corrected chi connectivity index (χ4v) is 2.32. The number of hydrogen-bond acceptors (Lipinski definition) is 3. The summed E-state index contributed by atoms with van der Waals surface area (Å²) in [5, 5.41) is 5.29. The van der Waals surface area contributed by atoms with Crippen molar-refractivity contribution < 1.29 is 9.59 Å². The molecule has 92 valence electrons. The van der Waals surface area contributed by atoms with Crippen LogP contribution in [0.3, 0.4) is 0 Å². The third-order valence-electron chi connectivity index (χ3n) is 3.27. The normalized spacial score (nSPS) is 28.1. The molecule has 1 aliphatic rings. The number of nitrogens with two attached hydrogens (primary N) is 1. The molecule has 2 amide bonds. The molecule has 5 heteroatoms. The first-order valence-electron chi connectivity index (χ1n) is 5.73. The average Bonchev–Trinajstić information content (AvgIpc) is 2.23. The molecular formula is C11H21N3O2. The molecular weight excluding hydrogens is 206 g/mol. The van der Waals surface area contributed by atoms with Crippen LogP contribution in [-0.2, 0) is 9.59 Å². The summed E-state index contributed by atoms with van der Waals surface area (Å²) in [7, 11) is 1.58. The summed E-state index contributed by atoms with van der Waals surface area (Å²) in [6.07, 6.45) is 2.03. The SMILES string of the molecule is CNC(=O)CCNC(=O)C1(CN)CC(C)C1. The van der Waals surface area contributed by atoms with Crippen LogP contribution in [0.5, 0.6) is 0 Å². The molecule has 16 heavy (non-hydrogen) atoms. The maximum atomic E-state index is 11.9. The van der Waals surface area contributed by atoms with Crippen LogP contribution in [-0.4, -0.2) is 32.0 Å². The molecule has 0 unspecified atom stereocenters. The van der Waals surface area contributed by atoms with Crippen LogP contribution in [0.25, 0.3) is 0 Å². The van der Waals surface area contributed by atoms with E-state index in [2.05, 4.69) is 17.6 Å². The van der Waals surface area contributed by atoms with Crippen molar-refractivity contribution >= 4 is 11.8 Å². The molecule has 1 aliphatic carbocycles. The van der Waals surface area contributed by atoms with E-state index in [-0.39, 0.29) is 17.2 Å². The average molecular weight is 227 g/mol. The van der Waals surface area contributed by atoms with Crippen molar-refractivity contribution in [3.05, 3.63) is 0 Å². The smallest absolute Gasteiger partial charge is 0.227 e. The highest BCUT2D eigenvalue weighted by Crippen LogP contribution is 2.44. The van der Waals surface area contributed by atoms with Crippen molar-refractivity contribution in [2.75, 3.05) is 20.1 Å². The quantitative estimate of drug-likeness (QED) is 0.598. The van der Waals surface area contributed by atoms with Gasteiger partial charge in [-0.1, -0.05) is 6.92 Å². The highest BCUT2D eigenvalue weighted by Gasteiger charge is 2.46. The lowest BCUT2D eigenvalue weighted by molar-refractivity contribution is -0.138. The highest BCUT2D eigenvalue weighted by atomic mass is 16.2. The van der Waals surface area contributed by atoms with Gasteiger partial charge in [0.1, 0.15) is 0 Å². The molecule has 0 aromatic rings. The van der Waals surface area contributed by atoms with Crippen molar-refractivity contribution in [1.82, 2.24) is 10.6 Å². The lowest BCUT2D eigenvalue weighted by Gasteiger charge is -2.44. The van der Waals surface area contributed by atoms with Gasteiger partial charge in [0, 0.05) is 26.6 Å². The Morgan fingerprint density at radius 1 is 1.44 bits per heavy atom. The van der Waals surface area contributed by atoms with Crippen LogP contribution < -0.4 is 16.4 Å². The van der Waals surface area contributed by atoms with Gasteiger partial charge in [0.05, 0.1) is 5.41 Å². The number of nitrogens with one attached hydrogen (secondary N) is 2. The third kappa shape index (κ3) is 2.72. The fourth-order valence-electron chi connectivity index (χ4n) is 2.32. The lowest BCUT2D eigenvalue weighted by atomic mass is 9.62. The van der Waals surface area contributed by atoms with Gasteiger partial charge < -0.3 is 16.4 Å². The van der Waals surface area contributed by atoms with Crippen LogP contribution in [0, 0.1) is 11.3 Å². The Hall–Kier alpha value is -1.10. The van der Waals surface area contributed by atoms with E-state index in [1.807, 2.05) is 0 Å². The first kappa shape index (κ1) is 13.0. The largest absolute Gasteiger partial charge is 0.359 e. The zero-order valence-electron chi connectivity index (χ0n) is 10.0. The molecule has 0 heterocycles. The Bertz CT molecular complexity index is 272. The van der Waals surface area contributed by atoms with E-state index < -0.39 is 0 Å². The standard InChI is InChI=1S/C11H21N3O2/c1-8-5-11(6-8,7-12)10(16)14-4-3-9(15)13-2/h8H,3-7,12H2,1-2H3,(H,13,15)(H,14,16). The third-order valence-corrected chi connectivity index (χ3v) is 3.27. The summed E-state index contributed by atoms with van der Waals surface area (Å²) >= 11 is 0. The van der Waals surface area contributed by atoms with Crippen molar-refractivity contribution in [2.24, 2.45) is 17.1 Å². The lowest BCUT2D eigenvalue weighted by Crippen LogP contribution is -2.53. The maximum absolute atomic E-state index is 11.9. The minimum atomic E-state index is -0.373. The molecule has 0 radical (unpaired) electrons. The Morgan fingerprint density at radius 3 is 2.50 bits per heavy atom. The molecule has 0 spiro atoms. The van der Waals surface area contributed by atoms with Gasteiger partial charge in [-0.3, -0.25) is 9.59 Å². The monoisotopic (exact) mass is 227 g/mol. The molecule has 1 rings (SSSR count). The Labute approximate surface area is 96.1 Å². The molecule has 0 aromatic carbocycles. The van der Waals surface area contributed by atoms with Crippen LogP contribution in [0.15, 0.2) is 0 Å². The Kier molecular flexibility index (Phi) is 4.29. The van der Waals surface area contributed by atoms with Gasteiger partial charge in [-0.25, -0.2) is 0 Å². The van der Waals surface area contributed by atoms with Crippen LogP contribution in [0.4, 0.5) is 0 Å². The molecule has 0 aliphatic heterocycles. The van der Waals surface area contributed by atoms with Crippen molar-refractivity contribution in [2.45, 2.75) is 26.2 Å². The number of carbonyl (C=O) groups excluding carboxylic acids is 2. The first-order valence-corrected chi connectivity index (χ1v) is 5.73. The van der Waals surface area contributed by atoms with Gasteiger partial charge in [0.25, 0.3) is 0 Å². The molecule has 0 atom stereocenters. The van der Waals surface area contributed by atoms with Gasteiger partial charge in [-0.2, -0.15) is 0 Å². The summed E-state index contributed by atoms with van der Waals surface area (Å²) in [5.41, 5.74) is 5.28.